The van der Waals surface area contributed by atoms with Crippen molar-refractivity contribution < 1.29 is 21.3 Å². The second-order valence-corrected chi connectivity index (χ2v) is 21.2. The Balaban J connectivity index is 1.57. The van der Waals surface area contributed by atoms with Crippen molar-refractivity contribution >= 4 is 3.21 Å². The molecule has 3 aliphatic carbocycles. The number of fused-ring (bicyclic) bond motifs is 3. The van der Waals surface area contributed by atoms with E-state index < -0.39 is 21.3 Å². The fraction of sp³-hybridized carbons (Fsp3) is 0.293. The Kier molecular flexibility index (Phi) is 6.90. The summed E-state index contributed by atoms with van der Waals surface area (Å²) in [4.78, 5) is 0. The van der Waals surface area contributed by atoms with Gasteiger partial charge in [0.1, 0.15) is 0 Å². The van der Waals surface area contributed by atoms with E-state index in [4.69, 9.17) is 0 Å². The van der Waals surface area contributed by atoms with Crippen LogP contribution >= 0.6 is 0 Å². The summed E-state index contributed by atoms with van der Waals surface area (Å²) >= 11 is -2.18. The van der Waals surface area contributed by atoms with Gasteiger partial charge in [0.2, 0.25) is 0 Å². The Labute approximate surface area is 260 Å². The van der Waals surface area contributed by atoms with E-state index in [2.05, 4.69) is 145 Å². The second-order valence-electron chi connectivity index (χ2n) is 14.5. The Morgan fingerprint density at radius 3 is 1.45 bits per heavy atom. The molecule has 4 aromatic rings. The molecule has 0 nitrogen and oxygen atoms in total. The molecule has 4 aromatic carbocycles. The van der Waals surface area contributed by atoms with Crippen molar-refractivity contribution in [2.24, 2.45) is 0 Å². The molecule has 210 valence electrons. The first-order valence-electron chi connectivity index (χ1n) is 15.7. The molecule has 0 spiro atoms. The summed E-state index contributed by atoms with van der Waals surface area (Å²) in [5, 5.41) is 0. The molecule has 3 aliphatic rings. The van der Waals surface area contributed by atoms with Crippen molar-refractivity contribution in [3.8, 4) is 33.4 Å². The fourth-order valence-electron chi connectivity index (χ4n) is 7.21. The molecule has 1 heteroatoms. The average molecular weight is 626 g/mol. The second kappa shape index (κ2) is 10.4. The molecule has 1 saturated carbocycles. The van der Waals surface area contributed by atoms with Gasteiger partial charge in [-0.05, 0) is 0 Å². The zero-order chi connectivity index (χ0) is 29.2. The monoisotopic (exact) mass is 624 g/mol. The SMILES string of the molecule is CC(C)(C)c1cc2c(cc1-c1ccccc1)[CH]([Zr]([C]1=CC=CC1)=[C]1CC1)c1cc(-c3ccccc3)c(C(C)(C)C)cc1-2. The zero-order valence-corrected chi connectivity index (χ0v) is 28.5. The first-order valence-corrected chi connectivity index (χ1v) is 19.5. The van der Waals surface area contributed by atoms with E-state index in [1.807, 2.05) is 3.21 Å². The van der Waals surface area contributed by atoms with Gasteiger partial charge in [-0.25, -0.2) is 0 Å². The Hall–Kier alpha value is -2.89. The summed E-state index contributed by atoms with van der Waals surface area (Å²) in [6, 6.07) is 32.8. The molecule has 7 rings (SSSR count). The summed E-state index contributed by atoms with van der Waals surface area (Å²) in [6.07, 6.45) is 11.1. The van der Waals surface area contributed by atoms with Gasteiger partial charge < -0.3 is 0 Å². The summed E-state index contributed by atoms with van der Waals surface area (Å²) in [5.41, 5.74) is 14.7. The molecule has 0 saturated heterocycles. The maximum atomic E-state index is 2.64. The van der Waals surface area contributed by atoms with E-state index >= 15 is 0 Å². The van der Waals surface area contributed by atoms with Gasteiger partial charge in [-0.2, -0.15) is 0 Å². The predicted molar refractivity (Wildman–Crippen MR) is 178 cm³/mol. The van der Waals surface area contributed by atoms with Gasteiger partial charge in [0, 0.05) is 0 Å². The Morgan fingerprint density at radius 2 is 1.07 bits per heavy atom. The molecule has 0 radical (unpaired) electrons. The van der Waals surface area contributed by atoms with E-state index in [9.17, 15) is 0 Å². The van der Waals surface area contributed by atoms with Crippen molar-refractivity contribution in [3.05, 3.63) is 129 Å². The van der Waals surface area contributed by atoms with Crippen LogP contribution in [-0.2, 0) is 32.1 Å². The van der Waals surface area contributed by atoms with Crippen LogP contribution < -0.4 is 0 Å². The van der Waals surface area contributed by atoms with Crippen LogP contribution in [0.3, 0.4) is 0 Å². The van der Waals surface area contributed by atoms with Crippen molar-refractivity contribution in [1.29, 1.82) is 0 Å². The van der Waals surface area contributed by atoms with Crippen molar-refractivity contribution in [2.75, 3.05) is 0 Å². The van der Waals surface area contributed by atoms with E-state index in [-0.39, 0.29) is 10.8 Å². The van der Waals surface area contributed by atoms with Crippen LogP contribution in [0, 0.1) is 0 Å². The number of hydrogen-bond donors (Lipinski definition) is 0. The topological polar surface area (TPSA) is 0 Å². The van der Waals surface area contributed by atoms with Gasteiger partial charge in [-0.3, -0.25) is 0 Å². The molecule has 42 heavy (non-hydrogen) atoms. The number of rotatable bonds is 4. The third-order valence-corrected chi connectivity index (χ3v) is 18.0. The summed E-state index contributed by atoms with van der Waals surface area (Å²) in [7, 11) is 0. The first-order chi connectivity index (χ1) is 20.1. The van der Waals surface area contributed by atoms with Crippen molar-refractivity contribution in [3.63, 3.8) is 0 Å². The minimum atomic E-state index is -2.18. The van der Waals surface area contributed by atoms with E-state index in [0.717, 1.165) is 6.42 Å². The molecule has 0 N–H and O–H groups in total. The minimum absolute atomic E-state index is 0.0417. The molecule has 0 aliphatic heterocycles. The van der Waals surface area contributed by atoms with E-state index in [1.54, 1.807) is 14.4 Å². The first kappa shape index (κ1) is 27.9. The maximum absolute atomic E-state index is 2.64. The molecule has 0 amide bonds. The molecule has 1 fully saturated rings. The molecule has 0 aromatic heterocycles. The van der Waals surface area contributed by atoms with Crippen LogP contribution in [-0.4, -0.2) is 3.21 Å². The molecule has 0 unspecified atom stereocenters. The summed E-state index contributed by atoms with van der Waals surface area (Å²) < 4.78 is 4.25. The van der Waals surface area contributed by atoms with Crippen molar-refractivity contribution in [2.45, 2.75) is 75.3 Å². The van der Waals surface area contributed by atoms with E-state index in [1.165, 1.54) is 57.3 Å². The van der Waals surface area contributed by atoms with Gasteiger partial charge >= 0.3 is 262 Å². The number of allylic oxidation sites excluding steroid dienone is 4. The standard InChI is InChI=1S/C33H33.C5H5.C3H4.Zr/c1-32(2,3)30-20-26-24(18-28(30)22-13-9-7-10-14-22)17-25-19-29(23-15-11-8-12-16-23)31(21-27(25)26)33(4,5)6;1-2-4-5-3-1;1-2-3-1;/h7-21H,1-6H3;1-3H,4H2;1-2H2;. The van der Waals surface area contributed by atoms with Crippen LogP contribution in [0.25, 0.3) is 33.4 Å². The van der Waals surface area contributed by atoms with Gasteiger partial charge in [0.25, 0.3) is 0 Å². The van der Waals surface area contributed by atoms with Gasteiger partial charge in [0.05, 0.1) is 0 Å². The van der Waals surface area contributed by atoms with Crippen molar-refractivity contribution in [1.82, 2.24) is 0 Å². The molecule has 0 heterocycles. The normalized spacial score (nSPS) is 16.0. The third-order valence-electron chi connectivity index (χ3n) is 9.36. The van der Waals surface area contributed by atoms with Gasteiger partial charge in [0.15, 0.2) is 0 Å². The summed E-state index contributed by atoms with van der Waals surface area (Å²) in [5.74, 6) is 0. The molecular weight excluding hydrogens is 584 g/mol. The quantitative estimate of drug-likeness (QED) is 0.212. The van der Waals surface area contributed by atoms with Gasteiger partial charge in [-0.1, -0.05) is 0 Å². The number of hydrogen-bond acceptors (Lipinski definition) is 0. The van der Waals surface area contributed by atoms with Crippen LogP contribution in [0.15, 0.2) is 106 Å². The molecule has 0 bridgehead atoms. The average Bonchev–Trinajstić information content (AvgIpc) is 3.57. The zero-order valence-electron chi connectivity index (χ0n) is 26.0. The molecule has 0 atom stereocenters. The van der Waals surface area contributed by atoms with Crippen LogP contribution in [0.1, 0.15) is 86.7 Å². The molecular formula is C41H42Zr. The Morgan fingerprint density at radius 1 is 0.595 bits per heavy atom. The fourth-order valence-corrected chi connectivity index (χ4v) is 16.1. The number of benzene rings is 4. The van der Waals surface area contributed by atoms with E-state index in [0.29, 0.717) is 3.63 Å². The van der Waals surface area contributed by atoms with Gasteiger partial charge in [-0.15, -0.1) is 0 Å². The van der Waals surface area contributed by atoms with Crippen LogP contribution in [0.2, 0.25) is 0 Å². The summed E-state index contributed by atoms with van der Waals surface area (Å²) in [6.45, 7) is 14.3. The van der Waals surface area contributed by atoms with Crippen LogP contribution in [0.4, 0.5) is 0 Å². The van der Waals surface area contributed by atoms with Crippen LogP contribution in [0.5, 0.6) is 0 Å². The third kappa shape index (κ3) is 4.93. The predicted octanol–water partition coefficient (Wildman–Crippen LogP) is 11.1. The Bertz CT molecular complexity index is 1670.